The van der Waals surface area contributed by atoms with Gasteiger partial charge >= 0.3 is 11.9 Å². The van der Waals surface area contributed by atoms with E-state index < -0.39 is 36.2 Å². The van der Waals surface area contributed by atoms with Crippen LogP contribution in [0.3, 0.4) is 0 Å². The molecule has 0 radical (unpaired) electrons. The molecular weight excluding hydrogens is 284 g/mol. The molecule has 1 N–H and O–H groups in total. The second-order valence-corrected chi connectivity index (χ2v) is 5.95. The van der Waals surface area contributed by atoms with Gasteiger partial charge in [-0.1, -0.05) is 24.3 Å². The van der Waals surface area contributed by atoms with E-state index in [9.17, 15) is 14.7 Å². The van der Waals surface area contributed by atoms with Crippen LogP contribution in [0.2, 0.25) is 0 Å². The predicted octanol–water partition coefficient (Wildman–Crippen LogP) is 2.06. The van der Waals surface area contributed by atoms with Gasteiger partial charge in [-0.05, 0) is 25.8 Å². The molecule has 5 heteroatoms. The molecule has 0 bridgehead atoms. The number of hydrogen-bond donors (Lipinski definition) is 1. The number of carbonyl (C=O) groups excluding carboxylic acids is 2. The molecule has 0 saturated carbocycles. The molecule has 0 aromatic heterocycles. The number of fused-ring (bicyclic) bond motifs is 1. The average molecular weight is 306 g/mol. The highest BCUT2D eigenvalue weighted by molar-refractivity contribution is 5.91. The molecule has 1 saturated heterocycles. The molecule has 1 aliphatic heterocycles. The van der Waals surface area contributed by atoms with Gasteiger partial charge < -0.3 is 14.6 Å². The van der Waals surface area contributed by atoms with E-state index in [2.05, 4.69) is 6.58 Å². The first kappa shape index (κ1) is 16.5. The van der Waals surface area contributed by atoms with Gasteiger partial charge in [0.05, 0.1) is 5.92 Å². The Morgan fingerprint density at radius 1 is 1.41 bits per heavy atom. The molecule has 120 valence electrons. The van der Waals surface area contributed by atoms with Crippen molar-refractivity contribution in [2.24, 2.45) is 5.92 Å². The van der Waals surface area contributed by atoms with Crippen LogP contribution >= 0.6 is 0 Å². The third kappa shape index (κ3) is 3.30. The van der Waals surface area contributed by atoms with Crippen LogP contribution in [0.25, 0.3) is 0 Å². The largest absolute Gasteiger partial charge is 0.461 e. The van der Waals surface area contributed by atoms with Crippen molar-refractivity contribution < 1.29 is 24.2 Å². The summed E-state index contributed by atoms with van der Waals surface area (Å²) >= 11 is 0. The highest BCUT2D eigenvalue weighted by Crippen LogP contribution is 2.37. The standard InChI is InChI=1S/C17H22O5/c1-9-6-5-7-10(2)15(19)16-14(11(3)17(20)22-16)13(8-9)21-12(4)18/h6-7,13-16,19H,3,5,8H2,1-2,4H3/b9-6+,10-7-/t13-,14-,15-,16+/m1/s1. The molecule has 22 heavy (non-hydrogen) atoms. The molecule has 1 aliphatic carbocycles. The molecule has 4 atom stereocenters. The lowest BCUT2D eigenvalue weighted by molar-refractivity contribution is -0.152. The lowest BCUT2D eigenvalue weighted by atomic mass is 9.83. The highest BCUT2D eigenvalue weighted by atomic mass is 16.6. The van der Waals surface area contributed by atoms with Gasteiger partial charge in [0, 0.05) is 18.9 Å². The number of allylic oxidation sites excluding steroid dienone is 2. The molecule has 0 aromatic carbocycles. The lowest BCUT2D eigenvalue weighted by Gasteiger charge is -2.30. The molecular formula is C17H22O5. The summed E-state index contributed by atoms with van der Waals surface area (Å²) in [5, 5.41) is 10.5. The molecule has 0 spiro atoms. The number of carbonyl (C=O) groups is 2. The van der Waals surface area contributed by atoms with Crippen LogP contribution in [0.5, 0.6) is 0 Å². The minimum atomic E-state index is -0.932. The number of aliphatic hydroxyl groups excluding tert-OH is 1. The first-order valence-corrected chi connectivity index (χ1v) is 7.38. The Morgan fingerprint density at radius 2 is 2.09 bits per heavy atom. The van der Waals surface area contributed by atoms with Crippen molar-refractivity contribution >= 4 is 11.9 Å². The van der Waals surface area contributed by atoms with Crippen molar-refractivity contribution in [3.63, 3.8) is 0 Å². The van der Waals surface area contributed by atoms with E-state index >= 15 is 0 Å². The Hall–Kier alpha value is -1.88. The van der Waals surface area contributed by atoms with Crippen molar-refractivity contribution in [3.05, 3.63) is 35.5 Å². The summed E-state index contributed by atoms with van der Waals surface area (Å²) < 4.78 is 10.7. The van der Waals surface area contributed by atoms with E-state index in [-0.39, 0.29) is 5.57 Å². The number of rotatable bonds is 1. The van der Waals surface area contributed by atoms with Gasteiger partial charge in [-0.25, -0.2) is 4.79 Å². The van der Waals surface area contributed by atoms with Crippen molar-refractivity contribution in [2.75, 3.05) is 0 Å². The molecule has 0 unspecified atom stereocenters. The zero-order valence-corrected chi connectivity index (χ0v) is 13.2. The number of ether oxygens (including phenoxy) is 2. The molecule has 1 fully saturated rings. The zero-order valence-electron chi connectivity index (χ0n) is 13.2. The summed E-state index contributed by atoms with van der Waals surface area (Å²) in [6.45, 7) is 8.85. The maximum absolute atomic E-state index is 11.9. The topological polar surface area (TPSA) is 72.8 Å². The minimum Gasteiger partial charge on any atom is -0.461 e. The molecule has 2 rings (SSSR count). The summed E-state index contributed by atoms with van der Waals surface area (Å²) in [4.78, 5) is 23.3. The van der Waals surface area contributed by atoms with Crippen molar-refractivity contribution in [1.82, 2.24) is 0 Å². The van der Waals surface area contributed by atoms with Gasteiger partial charge in [0.1, 0.15) is 18.3 Å². The molecule has 0 aromatic rings. The summed E-state index contributed by atoms with van der Waals surface area (Å²) in [5.74, 6) is -1.52. The monoisotopic (exact) mass is 306 g/mol. The van der Waals surface area contributed by atoms with Gasteiger partial charge in [0.2, 0.25) is 0 Å². The summed E-state index contributed by atoms with van der Waals surface area (Å²) in [6.07, 6.45) is 2.81. The first-order valence-electron chi connectivity index (χ1n) is 7.38. The Morgan fingerprint density at radius 3 is 2.73 bits per heavy atom. The minimum absolute atomic E-state index is 0.247. The van der Waals surface area contributed by atoms with Gasteiger partial charge in [-0.3, -0.25) is 4.79 Å². The van der Waals surface area contributed by atoms with Crippen LogP contribution in [0.15, 0.2) is 35.5 Å². The van der Waals surface area contributed by atoms with Crippen LogP contribution in [0.1, 0.15) is 33.6 Å². The van der Waals surface area contributed by atoms with Crippen LogP contribution in [-0.4, -0.2) is 35.4 Å². The van der Waals surface area contributed by atoms with Gasteiger partial charge in [0.15, 0.2) is 0 Å². The smallest absolute Gasteiger partial charge is 0.334 e. The number of hydrogen-bond acceptors (Lipinski definition) is 5. The molecule has 1 heterocycles. The van der Waals surface area contributed by atoms with Crippen LogP contribution < -0.4 is 0 Å². The SMILES string of the molecule is C=C1C(=O)O[C@H]2[C@H]1[C@H](OC(C)=O)C/C(C)=C/C/C=C(/C)[C@H]2O. The fraction of sp³-hybridized carbons (Fsp3) is 0.529. The third-order valence-electron chi connectivity index (χ3n) is 4.19. The van der Waals surface area contributed by atoms with Crippen LogP contribution in [0, 0.1) is 5.92 Å². The van der Waals surface area contributed by atoms with Crippen molar-refractivity contribution in [2.45, 2.75) is 51.9 Å². The number of esters is 2. The maximum atomic E-state index is 11.9. The Bertz CT molecular complexity index is 557. The Balaban J connectivity index is 2.44. The quantitative estimate of drug-likeness (QED) is 0.456. The molecule has 5 nitrogen and oxygen atoms in total. The van der Waals surface area contributed by atoms with Crippen LogP contribution in [0.4, 0.5) is 0 Å². The molecule has 0 amide bonds. The van der Waals surface area contributed by atoms with E-state index in [0.29, 0.717) is 12.8 Å². The fourth-order valence-corrected chi connectivity index (χ4v) is 2.99. The van der Waals surface area contributed by atoms with Crippen LogP contribution in [-0.2, 0) is 19.1 Å². The van der Waals surface area contributed by atoms with E-state index in [0.717, 1.165) is 11.1 Å². The zero-order chi connectivity index (χ0) is 16.4. The van der Waals surface area contributed by atoms with Gasteiger partial charge in [0.25, 0.3) is 0 Å². The van der Waals surface area contributed by atoms with Crippen molar-refractivity contribution in [3.8, 4) is 0 Å². The summed E-state index contributed by atoms with van der Waals surface area (Å²) in [7, 11) is 0. The third-order valence-corrected chi connectivity index (χ3v) is 4.19. The van der Waals surface area contributed by atoms with E-state index in [4.69, 9.17) is 9.47 Å². The Labute approximate surface area is 130 Å². The Kier molecular flexibility index (Phi) is 4.86. The fourth-order valence-electron chi connectivity index (χ4n) is 2.99. The van der Waals surface area contributed by atoms with E-state index in [1.807, 2.05) is 19.1 Å². The average Bonchev–Trinajstić information content (AvgIpc) is 2.72. The highest BCUT2D eigenvalue weighted by Gasteiger charge is 2.48. The lowest BCUT2D eigenvalue weighted by Crippen LogP contribution is -2.40. The van der Waals surface area contributed by atoms with Gasteiger partial charge in [-0.15, -0.1) is 0 Å². The molecule has 2 aliphatic rings. The first-order chi connectivity index (χ1) is 10.3. The summed E-state index contributed by atoms with van der Waals surface area (Å²) in [5.41, 5.74) is 2.03. The van der Waals surface area contributed by atoms with Gasteiger partial charge in [-0.2, -0.15) is 0 Å². The number of aliphatic hydroxyl groups is 1. The van der Waals surface area contributed by atoms with Crippen molar-refractivity contribution in [1.29, 1.82) is 0 Å². The maximum Gasteiger partial charge on any atom is 0.334 e. The normalized spacial score (nSPS) is 37.3. The summed E-state index contributed by atoms with van der Waals surface area (Å²) in [6, 6.07) is 0. The van der Waals surface area contributed by atoms with E-state index in [1.54, 1.807) is 6.92 Å². The predicted molar refractivity (Wildman–Crippen MR) is 80.8 cm³/mol. The second kappa shape index (κ2) is 6.48. The van der Waals surface area contributed by atoms with E-state index in [1.165, 1.54) is 6.92 Å². The second-order valence-electron chi connectivity index (χ2n) is 5.95.